The standard InChI is InChI=1S/C17H28BrNO/c1-4-7-13(8-5-2)17(19)14-9-10-16(15(18)12-14)20-11-6-3/h9-10,12-13,17H,4-8,11,19H2,1-3H3. The van der Waals surface area contributed by atoms with Crippen LogP contribution >= 0.6 is 15.9 Å². The van der Waals surface area contributed by atoms with Crippen LogP contribution in [0.4, 0.5) is 0 Å². The summed E-state index contributed by atoms with van der Waals surface area (Å²) in [6.45, 7) is 7.32. The van der Waals surface area contributed by atoms with Crippen LogP contribution in [0.3, 0.4) is 0 Å². The summed E-state index contributed by atoms with van der Waals surface area (Å²) in [7, 11) is 0. The number of nitrogens with two attached hydrogens (primary N) is 1. The third kappa shape index (κ3) is 5.10. The van der Waals surface area contributed by atoms with E-state index in [1.54, 1.807) is 0 Å². The fraction of sp³-hybridized carbons (Fsp3) is 0.647. The van der Waals surface area contributed by atoms with E-state index in [1.807, 2.05) is 6.07 Å². The van der Waals surface area contributed by atoms with Crippen LogP contribution < -0.4 is 10.5 Å². The third-order valence-corrected chi connectivity index (χ3v) is 4.25. The Bertz CT molecular complexity index is 389. The van der Waals surface area contributed by atoms with Gasteiger partial charge in [-0.2, -0.15) is 0 Å². The molecule has 0 heterocycles. The fourth-order valence-electron chi connectivity index (χ4n) is 2.57. The SMILES string of the molecule is CCCOc1ccc(C(N)C(CCC)CCC)cc1Br. The zero-order valence-electron chi connectivity index (χ0n) is 13.0. The van der Waals surface area contributed by atoms with Crippen molar-refractivity contribution in [3.8, 4) is 5.75 Å². The first-order valence-corrected chi connectivity index (χ1v) is 8.61. The van der Waals surface area contributed by atoms with Crippen molar-refractivity contribution in [2.24, 2.45) is 11.7 Å². The maximum absolute atomic E-state index is 6.47. The van der Waals surface area contributed by atoms with Gasteiger partial charge in [0.25, 0.3) is 0 Å². The second-order valence-corrected chi connectivity index (χ2v) is 6.26. The van der Waals surface area contributed by atoms with Crippen LogP contribution in [0, 0.1) is 5.92 Å². The van der Waals surface area contributed by atoms with E-state index in [9.17, 15) is 0 Å². The van der Waals surface area contributed by atoms with Gasteiger partial charge in [0.05, 0.1) is 11.1 Å². The Kier molecular flexibility index (Phi) is 8.24. The molecule has 1 aromatic carbocycles. The van der Waals surface area contributed by atoms with Gasteiger partial charge in [-0.25, -0.2) is 0 Å². The van der Waals surface area contributed by atoms with Gasteiger partial charge in [-0.05, 0) is 58.8 Å². The van der Waals surface area contributed by atoms with E-state index in [1.165, 1.54) is 31.2 Å². The first kappa shape index (κ1) is 17.5. The van der Waals surface area contributed by atoms with Crippen LogP contribution in [-0.4, -0.2) is 6.61 Å². The van der Waals surface area contributed by atoms with Gasteiger partial charge in [-0.1, -0.05) is 39.7 Å². The van der Waals surface area contributed by atoms with Gasteiger partial charge >= 0.3 is 0 Å². The summed E-state index contributed by atoms with van der Waals surface area (Å²) < 4.78 is 6.69. The molecule has 0 bridgehead atoms. The normalized spacial score (nSPS) is 12.7. The van der Waals surface area contributed by atoms with E-state index in [0.29, 0.717) is 5.92 Å². The van der Waals surface area contributed by atoms with Crippen LogP contribution in [0.2, 0.25) is 0 Å². The summed E-state index contributed by atoms with van der Waals surface area (Å²) in [4.78, 5) is 0. The van der Waals surface area contributed by atoms with Crippen LogP contribution in [0.5, 0.6) is 5.75 Å². The Hall–Kier alpha value is -0.540. The molecule has 1 rings (SSSR count). The number of rotatable bonds is 9. The summed E-state index contributed by atoms with van der Waals surface area (Å²) in [5.74, 6) is 1.48. The quantitative estimate of drug-likeness (QED) is 0.647. The highest BCUT2D eigenvalue weighted by atomic mass is 79.9. The molecular weight excluding hydrogens is 314 g/mol. The molecule has 114 valence electrons. The van der Waals surface area contributed by atoms with E-state index in [-0.39, 0.29) is 6.04 Å². The topological polar surface area (TPSA) is 35.2 Å². The van der Waals surface area contributed by atoms with Crippen molar-refractivity contribution in [3.05, 3.63) is 28.2 Å². The highest BCUT2D eigenvalue weighted by Crippen LogP contribution is 2.32. The molecule has 0 saturated carbocycles. The smallest absolute Gasteiger partial charge is 0.133 e. The van der Waals surface area contributed by atoms with Crippen molar-refractivity contribution in [1.82, 2.24) is 0 Å². The van der Waals surface area contributed by atoms with Crippen molar-refractivity contribution in [1.29, 1.82) is 0 Å². The molecule has 1 aromatic rings. The number of ether oxygens (including phenoxy) is 1. The first-order valence-electron chi connectivity index (χ1n) is 7.81. The van der Waals surface area contributed by atoms with E-state index < -0.39 is 0 Å². The summed E-state index contributed by atoms with van der Waals surface area (Å²) in [6.07, 6.45) is 5.79. The average Bonchev–Trinajstić information content (AvgIpc) is 2.45. The minimum absolute atomic E-state index is 0.117. The highest BCUT2D eigenvalue weighted by molar-refractivity contribution is 9.10. The van der Waals surface area contributed by atoms with Crippen LogP contribution in [0.25, 0.3) is 0 Å². The van der Waals surface area contributed by atoms with E-state index in [2.05, 4.69) is 48.8 Å². The molecule has 2 N–H and O–H groups in total. The molecular formula is C17H28BrNO. The third-order valence-electron chi connectivity index (χ3n) is 3.63. The Balaban J connectivity index is 2.81. The van der Waals surface area contributed by atoms with Crippen molar-refractivity contribution < 1.29 is 4.74 Å². The molecule has 20 heavy (non-hydrogen) atoms. The van der Waals surface area contributed by atoms with Crippen molar-refractivity contribution in [2.45, 2.75) is 58.9 Å². The van der Waals surface area contributed by atoms with Crippen LogP contribution in [-0.2, 0) is 0 Å². The minimum Gasteiger partial charge on any atom is -0.492 e. The first-order chi connectivity index (χ1) is 9.63. The molecule has 0 aromatic heterocycles. The summed E-state index contributed by atoms with van der Waals surface area (Å²) in [5, 5.41) is 0. The summed E-state index contributed by atoms with van der Waals surface area (Å²) in [6, 6.07) is 6.38. The summed E-state index contributed by atoms with van der Waals surface area (Å²) >= 11 is 3.59. The zero-order chi connectivity index (χ0) is 15.0. The van der Waals surface area contributed by atoms with Gasteiger partial charge in [-0.3, -0.25) is 0 Å². The maximum Gasteiger partial charge on any atom is 0.133 e. The molecule has 0 amide bonds. The Morgan fingerprint density at radius 1 is 1.10 bits per heavy atom. The lowest BCUT2D eigenvalue weighted by atomic mass is 9.87. The van der Waals surface area contributed by atoms with Gasteiger partial charge < -0.3 is 10.5 Å². The Morgan fingerprint density at radius 2 is 1.75 bits per heavy atom. The molecule has 0 radical (unpaired) electrons. The van der Waals surface area contributed by atoms with Gasteiger partial charge in [0.1, 0.15) is 5.75 Å². The second-order valence-electron chi connectivity index (χ2n) is 5.40. The van der Waals surface area contributed by atoms with Gasteiger partial charge in [0, 0.05) is 6.04 Å². The lowest BCUT2D eigenvalue weighted by molar-refractivity contribution is 0.315. The van der Waals surface area contributed by atoms with E-state index in [0.717, 1.165) is 23.2 Å². The van der Waals surface area contributed by atoms with Gasteiger partial charge in [0.2, 0.25) is 0 Å². The minimum atomic E-state index is 0.117. The molecule has 1 atom stereocenters. The van der Waals surface area contributed by atoms with Crippen molar-refractivity contribution in [3.63, 3.8) is 0 Å². The lowest BCUT2D eigenvalue weighted by Crippen LogP contribution is -2.21. The van der Waals surface area contributed by atoms with Crippen LogP contribution in [0.15, 0.2) is 22.7 Å². The molecule has 0 saturated heterocycles. The molecule has 0 spiro atoms. The van der Waals surface area contributed by atoms with E-state index in [4.69, 9.17) is 10.5 Å². The number of benzene rings is 1. The molecule has 3 heteroatoms. The summed E-state index contributed by atoms with van der Waals surface area (Å²) in [5.41, 5.74) is 7.67. The lowest BCUT2D eigenvalue weighted by Gasteiger charge is -2.24. The van der Waals surface area contributed by atoms with Gasteiger partial charge in [0.15, 0.2) is 0 Å². The fourth-order valence-corrected chi connectivity index (χ4v) is 3.08. The Labute approximate surface area is 132 Å². The second kappa shape index (κ2) is 9.41. The molecule has 1 unspecified atom stereocenters. The molecule has 0 fully saturated rings. The monoisotopic (exact) mass is 341 g/mol. The Morgan fingerprint density at radius 3 is 2.25 bits per heavy atom. The number of hydrogen-bond donors (Lipinski definition) is 1. The van der Waals surface area contributed by atoms with Gasteiger partial charge in [-0.15, -0.1) is 0 Å². The maximum atomic E-state index is 6.47. The van der Waals surface area contributed by atoms with E-state index >= 15 is 0 Å². The van der Waals surface area contributed by atoms with Crippen LogP contribution in [0.1, 0.15) is 64.5 Å². The predicted molar refractivity (Wildman–Crippen MR) is 90.2 cm³/mol. The number of halogens is 1. The van der Waals surface area contributed by atoms with Crippen molar-refractivity contribution >= 4 is 15.9 Å². The average molecular weight is 342 g/mol. The highest BCUT2D eigenvalue weighted by Gasteiger charge is 2.19. The molecule has 0 aliphatic rings. The molecule has 0 aliphatic carbocycles. The molecule has 0 aliphatic heterocycles. The largest absolute Gasteiger partial charge is 0.492 e. The van der Waals surface area contributed by atoms with Crippen molar-refractivity contribution in [2.75, 3.05) is 6.61 Å². The molecule has 2 nitrogen and oxygen atoms in total. The number of hydrogen-bond acceptors (Lipinski definition) is 2. The predicted octanol–water partition coefficient (Wildman–Crippen LogP) is 5.45. The zero-order valence-corrected chi connectivity index (χ0v) is 14.6.